The molecule has 1 amide bonds. The van der Waals surface area contributed by atoms with Crippen molar-refractivity contribution in [2.75, 3.05) is 19.0 Å². The predicted molar refractivity (Wildman–Crippen MR) is 155 cm³/mol. The number of anilines is 1. The van der Waals surface area contributed by atoms with Crippen LogP contribution < -0.4 is 19.5 Å². The molecular weight excluding hydrogens is 578 g/mol. The molecule has 0 unspecified atom stereocenters. The molecule has 0 aliphatic heterocycles. The second-order valence-electron chi connectivity index (χ2n) is 8.45. The maximum absolute atomic E-state index is 12.9. The second kappa shape index (κ2) is 12.8. The molecule has 9 nitrogen and oxygen atoms in total. The number of nitrogens with zero attached hydrogens (tertiary/aromatic N) is 2. The van der Waals surface area contributed by atoms with Crippen molar-refractivity contribution in [3.8, 4) is 23.3 Å². The molecule has 0 heterocycles. The Kier molecular flexibility index (Phi) is 8.99. The summed E-state index contributed by atoms with van der Waals surface area (Å²) in [6.07, 6.45) is 1.37. The Labute approximate surface area is 238 Å². The highest BCUT2D eigenvalue weighted by atomic mass is 79.9. The smallest absolute Gasteiger partial charge is 0.296 e. The first-order valence-electron chi connectivity index (χ1n) is 12.2. The number of nitro groups is 1. The first kappa shape index (κ1) is 28.1. The van der Waals surface area contributed by atoms with Gasteiger partial charge in [-0.2, -0.15) is 5.26 Å². The van der Waals surface area contributed by atoms with Crippen LogP contribution >= 0.6 is 15.9 Å². The van der Waals surface area contributed by atoms with Crippen molar-refractivity contribution < 1.29 is 23.9 Å². The van der Waals surface area contributed by atoms with Gasteiger partial charge in [-0.05, 0) is 75.1 Å². The Hall–Kier alpha value is -4.88. The molecule has 4 aromatic rings. The third-order valence-corrected chi connectivity index (χ3v) is 6.50. The van der Waals surface area contributed by atoms with E-state index in [1.807, 2.05) is 55.5 Å². The number of benzene rings is 4. The van der Waals surface area contributed by atoms with Crippen molar-refractivity contribution in [3.63, 3.8) is 0 Å². The zero-order valence-electron chi connectivity index (χ0n) is 21.6. The maximum atomic E-state index is 12.9. The van der Waals surface area contributed by atoms with Crippen molar-refractivity contribution in [2.24, 2.45) is 0 Å². The molecule has 0 aliphatic carbocycles. The van der Waals surface area contributed by atoms with Gasteiger partial charge < -0.3 is 19.5 Å². The van der Waals surface area contributed by atoms with Gasteiger partial charge in [-0.15, -0.1) is 0 Å². The monoisotopic (exact) mass is 601 g/mol. The number of nitriles is 1. The van der Waals surface area contributed by atoms with Crippen LogP contribution in [0, 0.1) is 21.4 Å². The normalized spacial score (nSPS) is 11.0. The summed E-state index contributed by atoms with van der Waals surface area (Å²) < 4.78 is 17.6. The molecule has 0 aliphatic rings. The van der Waals surface area contributed by atoms with Crippen molar-refractivity contribution in [2.45, 2.75) is 13.5 Å². The number of halogens is 1. The van der Waals surface area contributed by atoms with Gasteiger partial charge in [0, 0.05) is 0 Å². The number of hydrogen-bond donors (Lipinski definition) is 1. The van der Waals surface area contributed by atoms with Crippen LogP contribution in [0.25, 0.3) is 16.8 Å². The van der Waals surface area contributed by atoms with E-state index in [1.165, 1.54) is 31.4 Å². The topological polar surface area (TPSA) is 124 Å². The average Bonchev–Trinajstić information content (AvgIpc) is 2.95. The zero-order chi connectivity index (χ0) is 28.6. The van der Waals surface area contributed by atoms with E-state index in [-0.39, 0.29) is 22.7 Å². The third-order valence-electron chi connectivity index (χ3n) is 5.91. The molecule has 10 heteroatoms. The van der Waals surface area contributed by atoms with Crippen molar-refractivity contribution >= 4 is 50.1 Å². The van der Waals surface area contributed by atoms with Crippen LogP contribution in [-0.2, 0) is 11.4 Å². The summed E-state index contributed by atoms with van der Waals surface area (Å²) in [6, 6.07) is 23.3. The first-order chi connectivity index (χ1) is 19.3. The molecule has 40 heavy (non-hydrogen) atoms. The number of amides is 1. The number of nitro benzene ring substituents is 1. The Morgan fingerprint density at radius 1 is 1.10 bits per heavy atom. The minimum absolute atomic E-state index is 0.0645. The van der Waals surface area contributed by atoms with E-state index in [4.69, 9.17) is 14.2 Å². The van der Waals surface area contributed by atoms with Crippen molar-refractivity contribution in [1.82, 2.24) is 0 Å². The first-order valence-corrected chi connectivity index (χ1v) is 12.9. The minimum Gasteiger partial charge on any atom is -0.496 e. The van der Waals surface area contributed by atoms with Gasteiger partial charge in [0.1, 0.15) is 29.7 Å². The molecule has 0 saturated heterocycles. The number of nitrogens with one attached hydrogen (secondary N) is 1. The standard InChI is InChI=1S/C30H24BrN3O6/c1-3-39-28-15-19(13-22(17-32)30(35)33-26-12-11-23(38-2)16-27(26)34(36)37)14-25(31)29(28)40-18-21-9-6-8-20-7-4-5-10-24(20)21/h4-16H,3,18H2,1-2H3,(H,33,35)/b22-13+. The van der Waals surface area contributed by atoms with E-state index in [1.54, 1.807) is 12.1 Å². The number of methoxy groups -OCH3 is 1. The molecule has 0 spiro atoms. The van der Waals surface area contributed by atoms with Crippen LogP contribution in [0.5, 0.6) is 17.2 Å². The van der Waals surface area contributed by atoms with E-state index in [0.717, 1.165) is 16.3 Å². The van der Waals surface area contributed by atoms with Crippen molar-refractivity contribution in [3.05, 3.63) is 104 Å². The molecular formula is C30H24BrN3O6. The van der Waals surface area contributed by atoms with Crippen molar-refractivity contribution in [1.29, 1.82) is 5.26 Å². The number of carbonyl (C=O) groups excluding carboxylic acids is 1. The van der Waals surface area contributed by atoms with Gasteiger partial charge in [0.05, 0.1) is 29.2 Å². The number of hydrogen-bond acceptors (Lipinski definition) is 7. The molecule has 0 bridgehead atoms. The van der Waals surface area contributed by atoms with Gasteiger partial charge in [0.2, 0.25) is 0 Å². The lowest BCUT2D eigenvalue weighted by Gasteiger charge is -2.16. The largest absolute Gasteiger partial charge is 0.496 e. The van der Waals surface area contributed by atoms with E-state index in [2.05, 4.69) is 21.2 Å². The minimum atomic E-state index is -0.805. The zero-order valence-corrected chi connectivity index (χ0v) is 23.2. The fourth-order valence-electron chi connectivity index (χ4n) is 4.04. The number of carbonyl (C=O) groups is 1. The molecule has 0 radical (unpaired) electrons. The number of ether oxygens (including phenoxy) is 3. The molecule has 0 saturated carbocycles. The second-order valence-corrected chi connectivity index (χ2v) is 9.31. The summed E-state index contributed by atoms with van der Waals surface area (Å²) in [7, 11) is 1.38. The summed E-state index contributed by atoms with van der Waals surface area (Å²) >= 11 is 3.53. The summed E-state index contributed by atoms with van der Waals surface area (Å²) in [6.45, 7) is 2.49. The van der Waals surface area contributed by atoms with Crippen LogP contribution in [0.3, 0.4) is 0 Å². The van der Waals surface area contributed by atoms with Gasteiger partial charge in [0.25, 0.3) is 11.6 Å². The molecule has 0 aromatic heterocycles. The average molecular weight is 602 g/mol. The predicted octanol–water partition coefficient (Wildman–Crippen LogP) is 7.04. The highest BCUT2D eigenvalue weighted by Gasteiger charge is 2.20. The van der Waals surface area contributed by atoms with Crippen LogP contribution in [0.4, 0.5) is 11.4 Å². The fourth-order valence-corrected chi connectivity index (χ4v) is 4.62. The van der Waals surface area contributed by atoms with Gasteiger partial charge in [-0.3, -0.25) is 14.9 Å². The molecule has 1 N–H and O–H groups in total. The van der Waals surface area contributed by atoms with Crippen LogP contribution in [0.1, 0.15) is 18.1 Å². The summed E-state index contributed by atoms with van der Waals surface area (Å²) in [5, 5.41) is 25.8. The van der Waals surface area contributed by atoms with Crippen LogP contribution in [0.15, 0.2) is 82.8 Å². The fraction of sp³-hybridized carbons (Fsp3) is 0.133. The number of rotatable bonds is 10. The van der Waals surface area contributed by atoms with Crippen LogP contribution in [0.2, 0.25) is 0 Å². The third kappa shape index (κ3) is 6.39. The molecule has 0 fully saturated rings. The molecule has 0 atom stereocenters. The van der Waals surface area contributed by atoms with Gasteiger partial charge in [-0.1, -0.05) is 42.5 Å². The van der Waals surface area contributed by atoms with Gasteiger partial charge in [-0.25, -0.2) is 0 Å². The highest BCUT2D eigenvalue weighted by molar-refractivity contribution is 9.10. The quantitative estimate of drug-likeness (QED) is 0.0894. The Morgan fingerprint density at radius 2 is 1.88 bits per heavy atom. The summed E-state index contributed by atoms with van der Waals surface area (Å²) in [5.74, 6) is 0.355. The van der Waals surface area contributed by atoms with Gasteiger partial charge >= 0.3 is 0 Å². The molecule has 202 valence electrons. The lowest BCUT2D eigenvalue weighted by molar-refractivity contribution is -0.384. The lowest BCUT2D eigenvalue weighted by Crippen LogP contribution is -2.14. The summed E-state index contributed by atoms with van der Waals surface area (Å²) in [4.78, 5) is 23.7. The summed E-state index contributed by atoms with van der Waals surface area (Å²) in [5.41, 5.74) is 0.810. The Bertz CT molecular complexity index is 1660. The lowest BCUT2D eigenvalue weighted by atomic mass is 10.1. The van der Waals surface area contributed by atoms with E-state index >= 15 is 0 Å². The SMILES string of the molecule is CCOc1cc(/C=C(\C#N)C(=O)Nc2ccc(OC)cc2[N+](=O)[O-])cc(Br)c1OCc1cccc2ccccc12. The number of fused-ring (bicyclic) bond motifs is 1. The van der Waals surface area contributed by atoms with E-state index < -0.39 is 10.8 Å². The molecule has 4 aromatic carbocycles. The van der Waals surface area contributed by atoms with Gasteiger partial charge in [0.15, 0.2) is 11.5 Å². The highest BCUT2D eigenvalue weighted by Crippen LogP contribution is 2.38. The maximum Gasteiger partial charge on any atom is 0.296 e. The van der Waals surface area contributed by atoms with E-state index in [0.29, 0.717) is 34.7 Å². The van der Waals surface area contributed by atoms with Crippen LogP contribution in [-0.4, -0.2) is 24.5 Å². The Morgan fingerprint density at radius 3 is 2.60 bits per heavy atom. The van der Waals surface area contributed by atoms with E-state index in [9.17, 15) is 20.2 Å². The Balaban J connectivity index is 1.60. The molecule has 4 rings (SSSR count).